The molecule has 0 amide bonds. The summed E-state index contributed by atoms with van der Waals surface area (Å²) < 4.78 is 24.8. The number of allylic oxidation sites excluding steroid dienone is 1. The molecule has 122 valence electrons. The lowest BCUT2D eigenvalue weighted by molar-refractivity contribution is 0.207. The summed E-state index contributed by atoms with van der Waals surface area (Å²) in [5.41, 5.74) is 0.351. The Hall–Kier alpha value is -1.64. The SMILES string of the molecule is C=CCn1c(S[C@@H]2CS(=O)(=O)C[C@@H]2O)nc2ccccc2c1=O. The predicted molar refractivity (Wildman–Crippen MR) is 90.5 cm³/mol. The molecule has 0 bridgehead atoms. The number of nitrogens with zero attached hydrogens (tertiary/aromatic N) is 2. The number of rotatable bonds is 4. The maximum Gasteiger partial charge on any atom is 0.262 e. The van der Waals surface area contributed by atoms with Crippen molar-refractivity contribution in [3.05, 3.63) is 47.3 Å². The van der Waals surface area contributed by atoms with Crippen LogP contribution in [0.25, 0.3) is 10.9 Å². The molecule has 8 heteroatoms. The highest BCUT2D eigenvalue weighted by atomic mass is 32.2. The zero-order valence-electron chi connectivity index (χ0n) is 12.3. The molecule has 0 spiro atoms. The van der Waals surface area contributed by atoms with Gasteiger partial charge in [0, 0.05) is 6.54 Å². The van der Waals surface area contributed by atoms with Crippen LogP contribution in [0.2, 0.25) is 0 Å². The summed E-state index contributed by atoms with van der Waals surface area (Å²) in [5, 5.41) is 10.3. The minimum atomic E-state index is -3.25. The molecule has 1 aromatic carbocycles. The minimum absolute atomic E-state index is 0.115. The summed E-state index contributed by atoms with van der Waals surface area (Å²) in [4.78, 5) is 17.1. The quantitative estimate of drug-likeness (QED) is 0.648. The highest BCUT2D eigenvalue weighted by Crippen LogP contribution is 2.30. The molecule has 23 heavy (non-hydrogen) atoms. The molecular weight excluding hydrogens is 336 g/mol. The van der Waals surface area contributed by atoms with E-state index in [0.29, 0.717) is 16.1 Å². The molecule has 0 saturated carbocycles. The Bertz CT molecular complexity index is 921. The summed E-state index contributed by atoms with van der Waals surface area (Å²) in [6.07, 6.45) is 0.634. The molecule has 1 aliphatic heterocycles. The summed E-state index contributed by atoms with van der Waals surface area (Å²) in [6, 6.07) is 6.99. The van der Waals surface area contributed by atoms with Gasteiger partial charge in [0.1, 0.15) is 0 Å². The molecule has 2 atom stereocenters. The second kappa shape index (κ2) is 6.10. The van der Waals surface area contributed by atoms with Gasteiger partial charge in [-0.25, -0.2) is 13.4 Å². The third-order valence-electron chi connectivity index (χ3n) is 3.67. The average molecular weight is 352 g/mol. The van der Waals surface area contributed by atoms with E-state index in [9.17, 15) is 18.3 Å². The normalized spacial score (nSPS) is 23.2. The van der Waals surface area contributed by atoms with Crippen LogP contribution in [0.3, 0.4) is 0 Å². The molecule has 1 saturated heterocycles. The van der Waals surface area contributed by atoms with Crippen molar-refractivity contribution < 1.29 is 13.5 Å². The van der Waals surface area contributed by atoms with E-state index in [1.54, 1.807) is 30.3 Å². The van der Waals surface area contributed by atoms with Crippen LogP contribution in [-0.2, 0) is 16.4 Å². The van der Waals surface area contributed by atoms with Gasteiger partial charge in [-0.2, -0.15) is 0 Å². The number of para-hydroxylation sites is 1. The first-order valence-electron chi connectivity index (χ1n) is 7.07. The van der Waals surface area contributed by atoms with Crippen molar-refractivity contribution in [2.45, 2.75) is 23.1 Å². The third-order valence-corrected chi connectivity index (χ3v) is 6.90. The van der Waals surface area contributed by atoms with E-state index in [0.717, 1.165) is 11.8 Å². The van der Waals surface area contributed by atoms with Crippen LogP contribution >= 0.6 is 11.8 Å². The van der Waals surface area contributed by atoms with E-state index >= 15 is 0 Å². The summed E-state index contributed by atoms with van der Waals surface area (Å²) in [5.74, 6) is -0.362. The molecule has 2 heterocycles. The molecule has 0 aliphatic carbocycles. The Morgan fingerprint density at radius 3 is 2.78 bits per heavy atom. The van der Waals surface area contributed by atoms with Gasteiger partial charge in [0.05, 0.1) is 33.8 Å². The Morgan fingerprint density at radius 2 is 2.13 bits per heavy atom. The first kappa shape index (κ1) is 16.2. The van der Waals surface area contributed by atoms with Gasteiger partial charge in [-0.3, -0.25) is 9.36 Å². The lowest BCUT2D eigenvalue weighted by Crippen LogP contribution is -2.26. The van der Waals surface area contributed by atoms with E-state index in [4.69, 9.17) is 0 Å². The van der Waals surface area contributed by atoms with Crippen molar-refractivity contribution in [3.63, 3.8) is 0 Å². The number of hydrogen-bond acceptors (Lipinski definition) is 6. The van der Waals surface area contributed by atoms with Crippen LogP contribution in [0.5, 0.6) is 0 Å². The molecule has 1 aliphatic rings. The Kier molecular flexibility index (Phi) is 4.31. The van der Waals surface area contributed by atoms with Crippen LogP contribution in [-0.4, -0.2) is 45.9 Å². The Morgan fingerprint density at radius 1 is 1.39 bits per heavy atom. The van der Waals surface area contributed by atoms with Crippen LogP contribution in [0.15, 0.2) is 46.9 Å². The van der Waals surface area contributed by atoms with Crippen molar-refractivity contribution in [2.24, 2.45) is 0 Å². The van der Waals surface area contributed by atoms with Crippen molar-refractivity contribution in [1.29, 1.82) is 0 Å². The van der Waals surface area contributed by atoms with Gasteiger partial charge in [-0.1, -0.05) is 30.0 Å². The molecule has 3 rings (SSSR count). The van der Waals surface area contributed by atoms with E-state index in [1.165, 1.54) is 4.57 Å². The van der Waals surface area contributed by atoms with Crippen LogP contribution in [0.1, 0.15) is 0 Å². The van der Waals surface area contributed by atoms with E-state index < -0.39 is 21.2 Å². The average Bonchev–Trinajstić information content (AvgIpc) is 2.75. The second-order valence-electron chi connectivity index (χ2n) is 5.42. The number of hydrogen-bond donors (Lipinski definition) is 1. The fourth-order valence-corrected chi connectivity index (χ4v) is 6.16. The Balaban J connectivity index is 2.07. The molecule has 6 nitrogen and oxygen atoms in total. The molecule has 0 radical (unpaired) electrons. The molecule has 0 unspecified atom stereocenters. The molecule has 1 aromatic heterocycles. The Labute approximate surface area is 137 Å². The number of thioether (sulfide) groups is 1. The largest absolute Gasteiger partial charge is 0.391 e. The van der Waals surface area contributed by atoms with Gasteiger partial charge in [0.25, 0.3) is 5.56 Å². The summed E-state index contributed by atoms with van der Waals surface area (Å²) >= 11 is 1.13. The highest BCUT2D eigenvalue weighted by Gasteiger charge is 2.38. The molecular formula is C15H16N2O4S2. The van der Waals surface area contributed by atoms with Crippen molar-refractivity contribution in [3.8, 4) is 0 Å². The van der Waals surface area contributed by atoms with Crippen LogP contribution in [0, 0.1) is 0 Å². The summed E-state index contributed by atoms with van der Waals surface area (Å²) in [6.45, 7) is 3.92. The van der Waals surface area contributed by atoms with Crippen molar-refractivity contribution in [2.75, 3.05) is 11.5 Å². The van der Waals surface area contributed by atoms with Crippen LogP contribution in [0.4, 0.5) is 0 Å². The van der Waals surface area contributed by atoms with Gasteiger partial charge in [0.2, 0.25) is 0 Å². The fraction of sp³-hybridized carbons (Fsp3) is 0.333. The lowest BCUT2D eigenvalue weighted by Gasteiger charge is -2.16. The molecule has 1 N–H and O–H groups in total. The van der Waals surface area contributed by atoms with Gasteiger partial charge < -0.3 is 5.11 Å². The monoisotopic (exact) mass is 352 g/mol. The predicted octanol–water partition coefficient (Wildman–Crippen LogP) is 0.832. The first-order chi connectivity index (χ1) is 10.9. The zero-order chi connectivity index (χ0) is 16.6. The third kappa shape index (κ3) is 3.19. The summed E-state index contributed by atoms with van der Waals surface area (Å²) in [7, 11) is -3.25. The van der Waals surface area contributed by atoms with E-state index in [2.05, 4.69) is 11.6 Å². The second-order valence-corrected chi connectivity index (χ2v) is 8.78. The van der Waals surface area contributed by atoms with E-state index in [-0.39, 0.29) is 23.6 Å². The minimum Gasteiger partial charge on any atom is -0.391 e. The fourth-order valence-electron chi connectivity index (χ4n) is 2.57. The number of aromatic nitrogens is 2. The number of aliphatic hydroxyl groups is 1. The number of sulfone groups is 1. The lowest BCUT2D eigenvalue weighted by atomic mass is 10.2. The van der Waals surface area contributed by atoms with Crippen molar-refractivity contribution in [1.82, 2.24) is 9.55 Å². The van der Waals surface area contributed by atoms with Crippen LogP contribution < -0.4 is 5.56 Å². The van der Waals surface area contributed by atoms with Crippen molar-refractivity contribution >= 4 is 32.5 Å². The number of fused-ring (bicyclic) bond motifs is 1. The smallest absolute Gasteiger partial charge is 0.262 e. The molecule has 2 aromatic rings. The standard InChI is InChI=1S/C15H16N2O4S2/c1-2-7-17-14(19)10-5-3-4-6-11(10)16-15(17)22-13-9-23(20,21)8-12(13)18/h2-6,12-13,18H,1,7-9H2/t12-,13+/m0/s1. The number of aliphatic hydroxyl groups excluding tert-OH is 1. The maximum atomic E-state index is 12.6. The topological polar surface area (TPSA) is 89.3 Å². The maximum absolute atomic E-state index is 12.6. The first-order valence-corrected chi connectivity index (χ1v) is 9.77. The highest BCUT2D eigenvalue weighted by molar-refractivity contribution is 8.01. The van der Waals surface area contributed by atoms with Gasteiger partial charge in [-0.15, -0.1) is 6.58 Å². The van der Waals surface area contributed by atoms with E-state index in [1.807, 2.05) is 0 Å². The number of benzene rings is 1. The van der Waals surface area contributed by atoms with Gasteiger partial charge >= 0.3 is 0 Å². The zero-order valence-corrected chi connectivity index (χ0v) is 13.9. The van der Waals surface area contributed by atoms with Gasteiger partial charge in [-0.05, 0) is 12.1 Å². The van der Waals surface area contributed by atoms with Gasteiger partial charge in [0.15, 0.2) is 15.0 Å². The molecule has 1 fully saturated rings.